The molecule has 90 valence electrons. The topological polar surface area (TPSA) is 78.0 Å². The molecule has 0 saturated carbocycles. The van der Waals surface area contributed by atoms with Gasteiger partial charge in [-0.25, -0.2) is 4.98 Å². The van der Waals surface area contributed by atoms with Gasteiger partial charge >= 0.3 is 5.97 Å². The molecule has 0 saturated heterocycles. The quantitative estimate of drug-likeness (QED) is 0.731. The van der Waals surface area contributed by atoms with Gasteiger partial charge in [0.25, 0.3) is 0 Å². The molecular formula is C11H13N3O2S. The smallest absolute Gasteiger partial charge is 0.321 e. The number of thioether (sulfide) groups is 1. The Bertz CT molecular complexity index is 428. The fourth-order valence-corrected chi connectivity index (χ4v) is 2.29. The second kappa shape index (κ2) is 5.70. The summed E-state index contributed by atoms with van der Waals surface area (Å²) in [6, 6.07) is -0.621. The van der Waals surface area contributed by atoms with Crippen molar-refractivity contribution in [3.8, 4) is 0 Å². The molecule has 2 atom stereocenters. The van der Waals surface area contributed by atoms with Crippen LogP contribution in [0.15, 0.2) is 36.2 Å². The highest BCUT2D eigenvalue weighted by molar-refractivity contribution is 8.02. The zero-order valence-electron chi connectivity index (χ0n) is 9.04. The van der Waals surface area contributed by atoms with E-state index in [-0.39, 0.29) is 5.37 Å². The van der Waals surface area contributed by atoms with Gasteiger partial charge < -0.3 is 10.1 Å². The number of aromatic amines is 1. The van der Waals surface area contributed by atoms with Crippen LogP contribution in [0, 0.1) is 0 Å². The Labute approximate surface area is 103 Å². The van der Waals surface area contributed by atoms with Crippen LogP contribution in [0.3, 0.4) is 0 Å². The van der Waals surface area contributed by atoms with Gasteiger partial charge in [0.1, 0.15) is 6.04 Å². The van der Waals surface area contributed by atoms with Gasteiger partial charge in [0.2, 0.25) is 0 Å². The molecule has 5 nitrogen and oxygen atoms in total. The van der Waals surface area contributed by atoms with Gasteiger partial charge in [-0.05, 0) is 5.41 Å². The standard InChI is InChI=1S/C11H13N3O2S/c15-11(16)9(5-8-6-12-7-13-8)14-10-3-1-2-4-17-10/h1-4,6-7,9-10,14H,5H2,(H,12,13)(H,15,16)/t9-,10?/m0/s1. The third-order valence-corrected chi connectivity index (χ3v) is 3.24. The third-order valence-electron chi connectivity index (χ3n) is 2.34. The number of aromatic nitrogens is 2. The number of hydrogen-bond donors (Lipinski definition) is 3. The van der Waals surface area contributed by atoms with Crippen molar-refractivity contribution in [2.24, 2.45) is 0 Å². The number of aliphatic carboxylic acids is 1. The van der Waals surface area contributed by atoms with Crippen LogP contribution in [0.4, 0.5) is 0 Å². The lowest BCUT2D eigenvalue weighted by Crippen LogP contribution is -2.42. The summed E-state index contributed by atoms with van der Waals surface area (Å²) in [4.78, 5) is 17.9. The molecule has 2 heterocycles. The summed E-state index contributed by atoms with van der Waals surface area (Å²) >= 11 is 1.55. The Morgan fingerprint density at radius 1 is 1.65 bits per heavy atom. The van der Waals surface area contributed by atoms with Crippen LogP contribution in [-0.2, 0) is 11.2 Å². The Morgan fingerprint density at radius 2 is 2.53 bits per heavy atom. The average molecular weight is 251 g/mol. The number of allylic oxidation sites excluding steroid dienone is 2. The number of H-pyrrole nitrogens is 1. The van der Waals surface area contributed by atoms with Gasteiger partial charge in [-0.15, -0.1) is 11.8 Å². The van der Waals surface area contributed by atoms with Crippen molar-refractivity contribution in [3.05, 3.63) is 41.9 Å². The minimum absolute atomic E-state index is 0.00372. The van der Waals surface area contributed by atoms with Crippen molar-refractivity contribution in [1.82, 2.24) is 15.3 Å². The fraction of sp³-hybridized carbons (Fsp3) is 0.273. The summed E-state index contributed by atoms with van der Waals surface area (Å²) in [7, 11) is 0. The summed E-state index contributed by atoms with van der Waals surface area (Å²) in [5.74, 6) is -0.858. The zero-order chi connectivity index (χ0) is 12.1. The van der Waals surface area contributed by atoms with E-state index in [2.05, 4.69) is 15.3 Å². The SMILES string of the molecule is O=C(O)[C@H](Cc1cnc[nH]1)NC1C=CC=CS1. The summed E-state index contributed by atoms with van der Waals surface area (Å²) in [6.45, 7) is 0. The summed E-state index contributed by atoms with van der Waals surface area (Å²) in [5, 5.41) is 14.2. The molecule has 0 amide bonds. The molecule has 17 heavy (non-hydrogen) atoms. The van der Waals surface area contributed by atoms with Gasteiger partial charge in [-0.3, -0.25) is 10.1 Å². The molecule has 1 unspecified atom stereocenters. The molecule has 6 heteroatoms. The lowest BCUT2D eigenvalue weighted by atomic mass is 10.1. The highest BCUT2D eigenvalue weighted by Crippen LogP contribution is 2.16. The van der Waals surface area contributed by atoms with E-state index >= 15 is 0 Å². The van der Waals surface area contributed by atoms with Crippen molar-refractivity contribution in [3.63, 3.8) is 0 Å². The van der Waals surface area contributed by atoms with Crippen LogP contribution < -0.4 is 5.32 Å². The Kier molecular flexibility index (Phi) is 4.00. The van der Waals surface area contributed by atoms with Crippen LogP contribution in [0.5, 0.6) is 0 Å². The lowest BCUT2D eigenvalue weighted by molar-refractivity contribution is -0.139. The molecule has 0 aliphatic carbocycles. The molecule has 0 fully saturated rings. The highest BCUT2D eigenvalue weighted by atomic mass is 32.2. The van der Waals surface area contributed by atoms with E-state index in [1.54, 1.807) is 24.3 Å². The number of carboxylic acid groups (broad SMARTS) is 1. The van der Waals surface area contributed by atoms with Crippen molar-refractivity contribution in [1.29, 1.82) is 0 Å². The number of carbonyl (C=O) groups is 1. The Hall–Kier alpha value is -1.53. The summed E-state index contributed by atoms with van der Waals surface area (Å²) in [5.41, 5.74) is 0.810. The van der Waals surface area contributed by atoms with E-state index in [9.17, 15) is 4.79 Å². The van der Waals surface area contributed by atoms with Crippen LogP contribution in [0.25, 0.3) is 0 Å². The van der Waals surface area contributed by atoms with E-state index in [0.29, 0.717) is 6.42 Å². The predicted octanol–water partition coefficient (Wildman–Crippen LogP) is 1.14. The van der Waals surface area contributed by atoms with E-state index in [1.807, 2.05) is 23.6 Å². The second-order valence-electron chi connectivity index (χ2n) is 3.61. The molecule has 0 aromatic carbocycles. The maximum Gasteiger partial charge on any atom is 0.321 e. The largest absolute Gasteiger partial charge is 0.480 e. The normalized spacial score (nSPS) is 20.4. The Morgan fingerprint density at radius 3 is 3.12 bits per heavy atom. The molecular weight excluding hydrogens is 238 g/mol. The number of rotatable bonds is 5. The van der Waals surface area contributed by atoms with Crippen LogP contribution >= 0.6 is 11.8 Å². The van der Waals surface area contributed by atoms with Crippen molar-refractivity contribution >= 4 is 17.7 Å². The minimum Gasteiger partial charge on any atom is -0.480 e. The van der Waals surface area contributed by atoms with Crippen LogP contribution in [0.1, 0.15) is 5.69 Å². The summed E-state index contributed by atoms with van der Waals surface area (Å²) < 4.78 is 0. The maximum atomic E-state index is 11.2. The monoisotopic (exact) mass is 251 g/mol. The van der Waals surface area contributed by atoms with Gasteiger partial charge in [-0.2, -0.15) is 0 Å². The zero-order valence-corrected chi connectivity index (χ0v) is 9.85. The molecule has 2 rings (SSSR count). The number of imidazole rings is 1. The molecule has 1 aliphatic heterocycles. The number of carboxylic acids is 1. The highest BCUT2D eigenvalue weighted by Gasteiger charge is 2.21. The average Bonchev–Trinajstić information content (AvgIpc) is 2.82. The first-order valence-corrected chi connectivity index (χ1v) is 6.15. The summed E-state index contributed by atoms with van der Waals surface area (Å²) in [6.07, 6.45) is 9.35. The minimum atomic E-state index is -0.858. The van der Waals surface area contributed by atoms with E-state index in [4.69, 9.17) is 5.11 Å². The van der Waals surface area contributed by atoms with Crippen molar-refractivity contribution < 1.29 is 9.90 Å². The first-order chi connectivity index (χ1) is 8.25. The van der Waals surface area contributed by atoms with E-state index < -0.39 is 12.0 Å². The van der Waals surface area contributed by atoms with Crippen molar-refractivity contribution in [2.75, 3.05) is 0 Å². The van der Waals surface area contributed by atoms with E-state index in [0.717, 1.165) is 5.69 Å². The van der Waals surface area contributed by atoms with Gasteiger partial charge in [0, 0.05) is 18.3 Å². The predicted molar refractivity (Wildman–Crippen MR) is 66.5 cm³/mol. The lowest BCUT2D eigenvalue weighted by Gasteiger charge is -2.20. The van der Waals surface area contributed by atoms with Crippen molar-refractivity contribution in [2.45, 2.75) is 17.8 Å². The van der Waals surface area contributed by atoms with Crippen LogP contribution in [0.2, 0.25) is 0 Å². The van der Waals surface area contributed by atoms with Gasteiger partial charge in [0.05, 0.1) is 11.7 Å². The van der Waals surface area contributed by atoms with Gasteiger partial charge in [0.15, 0.2) is 0 Å². The molecule has 0 bridgehead atoms. The maximum absolute atomic E-state index is 11.2. The number of nitrogens with zero attached hydrogens (tertiary/aromatic N) is 1. The number of hydrogen-bond acceptors (Lipinski definition) is 4. The molecule has 1 aromatic heterocycles. The molecule has 1 aromatic rings. The van der Waals surface area contributed by atoms with E-state index in [1.165, 1.54) is 0 Å². The molecule has 0 radical (unpaired) electrons. The third kappa shape index (κ3) is 3.47. The first-order valence-electron chi connectivity index (χ1n) is 5.20. The van der Waals surface area contributed by atoms with Crippen LogP contribution in [-0.4, -0.2) is 32.5 Å². The first kappa shape index (κ1) is 11.9. The molecule has 3 N–H and O–H groups in total. The number of nitrogens with one attached hydrogen (secondary N) is 2. The van der Waals surface area contributed by atoms with Gasteiger partial charge in [-0.1, -0.05) is 18.2 Å². The molecule has 0 spiro atoms. The fourth-order valence-electron chi connectivity index (χ4n) is 1.51. The second-order valence-corrected chi connectivity index (χ2v) is 4.66. The molecule has 1 aliphatic rings. The Balaban J connectivity index is 1.95.